The van der Waals surface area contributed by atoms with Crippen molar-refractivity contribution in [2.45, 2.75) is 38.5 Å². The van der Waals surface area contributed by atoms with Gasteiger partial charge in [0.1, 0.15) is 0 Å². The fourth-order valence-corrected chi connectivity index (χ4v) is 7.19. The second-order valence-corrected chi connectivity index (χ2v) is 12.1. The molecule has 169 valence electrons. The molecule has 5 nitrogen and oxygen atoms in total. The molecule has 1 radical (unpaired) electrons. The molecule has 0 fully saturated rings. The third kappa shape index (κ3) is 2.87. The van der Waals surface area contributed by atoms with E-state index < -0.39 is 11.8 Å². The molecule has 0 aliphatic carbocycles. The number of carbonyl (C=O) groups excluding carboxylic acids is 2. The summed E-state index contributed by atoms with van der Waals surface area (Å²) in [6, 6.07) is 17.3. The number of carbonyl (C=O) groups is 2. The monoisotopic (exact) mass is 582 g/mol. The van der Waals surface area contributed by atoms with Crippen LogP contribution in [0.5, 0.6) is 0 Å². The standard InChI is InChI=1S/C27H22N3O2STe/c1-26(2)16-8-5-6-11-20(16)30-21-17(26)9-7-10-18(21)27(3,4)19-13-14(33-24(19)30)12-15-22(31)28-25(34)29-23(15)32/h5-13H,1-4H3,(H,28,29,31,32). The van der Waals surface area contributed by atoms with Crippen LogP contribution >= 0.6 is 11.3 Å². The Morgan fingerprint density at radius 1 is 0.941 bits per heavy atom. The van der Waals surface area contributed by atoms with Crippen molar-refractivity contribution in [3.8, 4) is 0 Å². The number of nitrogens with one attached hydrogen (secondary N) is 1. The van der Waals surface area contributed by atoms with Crippen LogP contribution in [-0.4, -0.2) is 38.0 Å². The van der Waals surface area contributed by atoms with Gasteiger partial charge in [0.15, 0.2) is 0 Å². The number of benzene rings is 2. The predicted molar refractivity (Wildman–Crippen MR) is 138 cm³/mol. The number of hydrogen-bond acceptors (Lipinski definition) is 4. The second-order valence-electron chi connectivity index (χ2n) is 9.91. The Hall–Kier alpha value is -2.72. The van der Waals surface area contributed by atoms with Gasteiger partial charge >= 0.3 is 196 Å². The van der Waals surface area contributed by atoms with Gasteiger partial charge in [-0.05, 0) is 0 Å². The van der Waals surface area contributed by atoms with E-state index in [4.69, 9.17) is 0 Å². The summed E-state index contributed by atoms with van der Waals surface area (Å²) in [5, 5.41) is 3.78. The summed E-state index contributed by atoms with van der Waals surface area (Å²) < 4.78 is 0.338. The molecule has 2 aromatic carbocycles. The van der Waals surface area contributed by atoms with E-state index in [-0.39, 0.29) is 16.4 Å². The average molecular weight is 580 g/mol. The van der Waals surface area contributed by atoms with Crippen LogP contribution in [0, 0.1) is 0 Å². The van der Waals surface area contributed by atoms with Gasteiger partial charge in [-0.25, -0.2) is 0 Å². The third-order valence-corrected chi connectivity index (χ3v) is 8.84. The van der Waals surface area contributed by atoms with Crippen molar-refractivity contribution in [2.75, 3.05) is 4.90 Å². The first kappa shape index (κ1) is 21.8. The van der Waals surface area contributed by atoms with Crippen LogP contribution in [0.25, 0.3) is 6.08 Å². The van der Waals surface area contributed by atoms with Crippen molar-refractivity contribution in [3.63, 3.8) is 0 Å². The first-order valence-electron chi connectivity index (χ1n) is 11.1. The van der Waals surface area contributed by atoms with E-state index >= 15 is 0 Å². The number of thiophene rings is 1. The Morgan fingerprint density at radius 2 is 1.59 bits per heavy atom. The Morgan fingerprint density at radius 3 is 2.29 bits per heavy atom. The number of rotatable bonds is 1. The topological polar surface area (TPSA) is 61.8 Å². The molecule has 3 aliphatic heterocycles. The third-order valence-electron chi connectivity index (χ3n) is 7.22. The fourth-order valence-electron chi connectivity index (χ4n) is 5.41. The first-order valence-corrected chi connectivity index (χ1v) is 13.1. The maximum atomic E-state index is 12.5. The summed E-state index contributed by atoms with van der Waals surface area (Å²) in [7, 11) is 0. The van der Waals surface area contributed by atoms with Gasteiger partial charge in [0.25, 0.3) is 0 Å². The summed E-state index contributed by atoms with van der Waals surface area (Å²) in [6.07, 6.45) is 1.68. The average Bonchev–Trinajstić information content (AvgIpc) is 3.21. The van der Waals surface area contributed by atoms with Gasteiger partial charge < -0.3 is 0 Å². The van der Waals surface area contributed by atoms with Crippen molar-refractivity contribution in [1.82, 2.24) is 5.32 Å². The summed E-state index contributed by atoms with van der Waals surface area (Å²) in [5.41, 5.74) is 7.19. The minimum absolute atomic E-state index is 0.0714. The van der Waals surface area contributed by atoms with E-state index in [2.05, 4.69) is 91.4 Å². The molecule has 1 N–H and O–H groups in total. The van der Waals surface area contributed by atoms with E-state index in [1.54, 1.807) is 17.4 Å². The number of hydrogen-bond donors (Lipinski definition) is 1. The number of anilines is 3. The molecule has 4 heterocycles. The summed E-state index contributed by atoms with van der Waals surface area (Å²) in [5.74, 6) is -0.897. The van der Waals surface area contributed by atoms with Crippen LogP contribution in [0.2, 0.25) is 0 Å². The Bertz CT molecular complexity index is 1500. The molecule has 0 unspecified atom stereocenters. The molecular weight excluding hydrogens is 558 g/mol. The molecule has 3 aromatic rings. The van der Waals surface area contributed by atoms with Gasteiger partial charge in [-0.3, -0.25) is 0 Å². The van der Waals surface area contributed by atoms with Gasteiger partial charge in [0.05, 0.1) is 0 Å². The molecule has 0 spiro atoms. The molecule has 0 saturated carbocycles. The molecule has 6 rings (SSSR count). The van der Waals surface area contributed by atoms with Gasteiger partial charge in [-0.2, -0.15) is 0 Å². The zero-order valence-electron chi connectivity index (χ0n) is 19.2. The molecular formula is C27H22N3O2STe. The Balaban J connectivity index is 1.61. The van der Waals surface area contributed by atoms with Crippen LogP contribution in [0.4, 0.5) is 16.4 Å². The minimum atomic E-state index is -0.495. The second kappa shape index (κ2) is 7.14. The van der Waals surface area contributed by atoms with E-state index in [1.165, 1.54) is 55.9 Å². The van der Waals surface area contributed by atoms with Crippen LogP contribution < -0.4 is 10.2 Å². The molecule has 7 heteroatoms. The van der Waals surface area contributed by atoms with E-state index in [0.717, 1.165) is 9.88 Å². The van der Waals surface area contributed by atoms with Crippen molar-refractivity contribution in [3.05, 3.63) is 81.2 Å². The van der Waals surface area contributed by atoms with E-state index in [9.17, 15) is 9.59 Å². The summed E-state index contributed by atoms with van der Waals surface area (Å²) >= 11 is 3.14. The fraction of sp³-hybridized carbons (Fsp3) is 0.222. The number of fused-ring (bicyclic) bond motifs is 4. The van der Waals surface area contributed by atoms with E-state index in [1.807, 2.05) is 0 Å². The van der Waals surface area contributed by atoms with Gasteiger partial charge in [0, 0.05) is 0 Å². The zero-order chi connectivity index (χ0) is 24.0. The van der Waals surface area contributed by atoms with Crippen molar-refractivity contribution < 1.29 is 9.59 Å². The summed E-state index contributed by atoms with van der Waals surface area (Å²) in [6.45, 7) is 9.09. The van der Waals surface area contributed by atoms with Crippen LogP contribution in [0.15, 0.2) is 59.1 Å². The Labute approximate surface area is 215 Å². The molecule has 3 aliphatic rings. The van der Waals surface area contributed by atoms with Crippen molar-refractivity contribution in [2.24, 2.45) is 4.99 Å². The molecule has 1 aromatic heterocycles. The predicted octanol–water partition coefficient (Wildman–Crippen LogP) is 5.06. The number of amidine groups is 1. The number of aliphatic imine (C=N–C) groups is 1. The zero-order valence-corrected chi connectivity index (χ0v) is 22.4. The SMILES string of the molecule is CC1(C)c2ccccc2N2c3sc(/C=C4/C(=O)N=C([Te])NC4=O)cc3C(C)(C)c3cccc1c32. The van der Waals surface area contributed by atoms with E-state index in [0.29, 0.717) is 3.88 Å². The van der Waals surface area contributed by atoms with Gasteiger partial charge in [-0.1, -0.05) is 19.9 Å². The van der Waals surface area contributed by atoms with Crippen LogP contribution in [0.1, 0.15) is 54.8 Å². The van der Waals surface area contributed by atoms with Crippen LogP contribution in [0.3, 0.4) is 0 Å². The van der Waals surface area contributed by atoms with Crippen LogP contribution in [-0.2, 0) is 20.4 Å². The normalized spacial score (nSPS) is 20.3. The van der Waals surface area contributed by atoms with Crippen molar-refractivity contribution in [1.29, 1.82) is 0 Å². The molecule has 2 amide bonds. The number of nitrogens with zero attached hydrogens (tertiary/aromatic N) is 2. The molecule has 34 heavy (non-hydrogen) atoms. The van der Waals surface area contributed by atoms with Gasteiger partial charge in [-0.15, -0.1) is 0 Å². The quantitative estimate of drug-likeness (QED) is 0.249. The first-order chi connectivity index (χ1) is 16.1. The van der Waals surface area contributed by atoms with Crippen molar-refractivity contribution >= 4 is 71.8 Å². The Kier molecular flexibility index (Phi) is 4.58. The molecule has 0 bridgehead atoms. The number of amides is 2. The summed E-state index contributed by atoms with van der Waals surface area (Å²) in [4.78, 5) is 32.1. The maximum absolute atomic E-state index is 12.5. The molecule has 0 saturated heterocycles. The number of para-hydroxylation sites is 2. The molecule has 0 atom stereocenters. The van der Waals surface area contributed by atoms with Gasteiger partial charge in [0.2, 0.25) is 0 Å².